The molecule has 0 radical (unpaired) electrons. The number of likely N-dealkylation sites (N-methyl/N-ethyl adjacent to an activating group) is 2. The van der Waals surface area contributed by atoms with E-state index in [1.165, 1.54) is 37.8 Å². The number of hydrogen-bond acceptors (Lipinski definition) is 6. The van der Waals surface area contributed by atoms with Crippen LogP contribution < -0.4 is 10.8 Å². The molecule has 0 aliphatic heterocycles. The Labute approximate surface area is 166 Å². The fraction of sp³-hybridized carbons (Fsp3) is 0.263. The molecule has 3 N–H and O–H groups in total. The van der Waals surface area contributed by atoms with Crippen molar-refractivity contribution in [3.05, 3.63) is 51.5 Å². The lowest BCUT2D eigenvalue weighted by molar-refractivity contribution is -0.148. The summed E-state index contributed by atoms with van der Waals surface area (Å²) in [7, 11) is 2.64. The van der Waals surface area contributed by atoms with Crippen molar-refractivity contribution in [1.82, 2.24) is 20.7 Å². The van der Waals surface area contributed by atoms with Crippen LogP contribution in [0.2, 0.25) is 0 Å². The minimum Gasteiger partial charge on any atom is -0.357 e. The van der Waals surface area contributed by atoms with Gasteiger partial charge in [-0.1, -0.05) is 5.92 Å². The highest BCUT2D eigenvalue weighted by Gasteiger charge is 2.47. The Kier molecular flexibility index (Phi) is 6.51. The third kappa shape index (κ3) is 4.19. The summed E-state index contributed by atoms with van der Waals surface area (Å²) in [5, 5.41) is 14.1. The molecule has 1 heterocycles. The van der Waals surface area contributed by atoms with Crippen LogP contribution in [0.5, 0.6) is 0 Å². The van der Waals surface area contributed by atoms with Gasteiger partial charge in [0.05, 0.1) is 5.01 Å². The Morgan fingerprint density at radius 2 is 1.82 bits per heavy atom. The number of thiazole rings is 1. The van der Waals surface area contributed by atoms with Gasteiger partial charge in [0.25, 0.3) is 17.7 Å². The smallest absolute Gasteiger partial charge is 0.278 e. The van der Waals surface area contributed by atoms with Gasteiger partial charge in [-0.2, -0.15) is 0 Å². The zero-order chi connectivity index (χ0) is 20.9. The second-order valence-corrected chi connectivity index (χ2v) is 7.10. The number of hydrogen-bond donors (Lipinski definition) is 3. The highest BCUT2D eigenvalue weighted by molar-refractivity contribution is 7.09. The predicted octanol–water partition coefficient (Wildman–Crippen LogP) is 0.933. The quantitative estimate of drug-likeness (QED) is 0.306. The number of carbonyl (C=O) groups excluding carboxylic acids is 3. The largest absolute Gasteiger partial charge is 0.357 e. The molecule has 2 aromatic rings. The first kappa shape index (κ1) is 21.1. The summed E-state index contributed by atoms with van der Waals surface area (Å²) >= 11 is 1.51. The Hall–Kier alpha value is -3.22. The van der Waals surface area contributed by atoms with E-state index in [9.17, 15) is 14.4 Å². The summed E-state index contributed by atoms with van der Waals surface area (Å²) in [5.41, 5.74) is 1.13. The van der Waals surface area contributed by atoms with Crippen LogP contribution in [0.1, 0.15) is 33.5 Å². The van der Waals surface area contributed by atoms with Gasteiger partial charge in [0.15, 0.2) is 5.54 Å². The molecule has 1 aromatic heterocycles. The molecule has 1 atom stereocenters. The fourth-order valence-corrected chi connectivity index (χ4v) is 2.95. The van der Waals surface area contributed by atoms with Crippen molar-refractivity contribution in [2.45, 2.75) is 19.4 Å². The second kappa shape index (κ2) is 8.65. The third-order valence-corrected chi connectivity index (χ3v) is 5.05. The number of hydroxylamine groups is 1. The van der Waals surface area contributed by atoms with E-state index in [4.69, 9.17) is 5.21 Å². The highest BCUT2D eigenvalue weighted by atomic mass is 32.1. The molecule has 0 unspecified atom stereocenters. The van der Waals surface area contributed by atoms with Gasteiger partial charge in [0, 0.05) is 30.6 Å². The van der Waals surface area contributed by atoms with Crippen molar-refractivity contribution in [2.24, 2.45) is 0 Å². The first-order valence-electron chi connectivity index (χ1n) is 8.23. The van der Waals surface area contributed by atoms with Gasteiger partial charge >= 0.3 is 0 Å². The van der Waals surface area contributed by atoms with Gasteiger partial charge in [-0.3, -0.25) is 19.6 Å². The number of benzene rings is 1. The van der Waals surface area contributed by atoms with Crippen molar-refractivity contribution < 1.29 is 19.6 Å². The molecule has 8 nitrogen and oxygen atoms in total. The molecule has 9 heteroatoms. The maximum absolute atomic E-state index is 12.8. The van der Waals surface area contributed by atoms with Crippen LogP contribution in [0.3, 0.4) is 0 Å². The average molecular weight is 400 g/mol. The summed E-state index contributed by atoms with van der Waals surface area (Å²) in [5.74, 6) is 3.58. The number of rotatable bonds is 4. The Morgan fingerprint density at radius 3 is 2.32 bits per heavy atom. The summed E-state index contributed by atoms with van der Waals surface area (Å²) in [6, 6.07) is 6.43. The highest BCUT2D eigenvalue weighted by Crippen LogP contribution is 2.18. The molecule has 0 bridgehead atoms. The van der Waals surface area contributed by atoms with E-state index in [0.717, 1.165) is 9.91 Å². The number of aromatic nitrogens is 1. The van der Waals surface area contributed by atoms with Crippen LogP contribution in [0, 0.1) is 18.8 Å². The Balaban J connectivity index is 2.24. The topological polar surface area (TPSA) is 112 Å². The van der Waals surface area contributed by atoms with E-state index >= 15 is 0 Å². The molecule has 0 saturated carbocycles. The maximum atomic E-state index is 12.8. The van der Waals surface area contributed by atoms with E-state index in [0.29, 0.717) is 11.3 Å². The monoisotopic (exact) mass is 400 g/mol. The van der Waals surface area contributed by atoms with E-state index in [-0.39, 0.29) is 5.56 Å². The van der Waals surface area contributed by atoms with E-state index in [2.05, 4.69) is 22.1 Å². The van der Waals surface area contributed by atoms with Crippen LogP contribution in [0.4, 0.5) is 0 Å². The zero-order valence-electron chi connectivity index (χ0n) is 15.9. The second-order valence-electron chi connectivity index (χ2n) is 6.04. The lowest BCUT2D eigenvalue weighted by atomic mass is 9.96. The van der Waals surface area contributed by atoms with Gasteiger partial charge in [-0.25, -0.2) is 10.5 Å². The molecule has 28 heavy (non-hydrogen) atoms. The molecule has 0 fully saturated rings. The normalized spacial score (nSPS) is 12.2. The van der Waals surface area contributed by atoms with Crippen molar-refractivity contribution in [3.8, 4) is 11.8 Å². The molecular formula is C19H20N4O4S. The third-order valence-electron chi connectivity index (χ3n) is 4.27. The van der Waals surface area contributed by atoms with Gasteiger partial charge in [-0.05, 0) is 44.0 Å². The Bertz CT molecular complexity index is 940. The number of nitrogens with zero attached hydrogens (tertiary/aromatic N) is 2. The SMILES string of the molecule is CNC(=O)[C@@](C)(C(=O)NO)N(C)C(=O)c1ccc(C#Cc2csc(C)n2)cc1. The van der Waals surface area contributed by atoms with Crippen molar-refractivity contribution in [3.63, 3.8) is 0 Å². The van der Waals surface area contributed by atoms with Crippen molar-refractivity contribution in [2.75, 3.05) is 14.1 Å². The van der Waals surface area contributed by atoms with E-state index in [1.54, 1.807) is 24.3 Å². The maximum Gasteiger partial charge on any atom is 0.278 e. The van der Waals surface area contributed by atoms with Crippen LogP contribution in [0.15, 0.2) is 29.6 Å². The number of amides is 3. The van der Waals surface area contributed by atoms with Gasteiger partial charge in [0.1, 0.15) is 5.69 Å². The van der Waals surface area contributed by atoms with Crippen LogP contribution in [0.25, 0.3) is 0 Å². The van der Waals surface area contributed by atoms with Crippen LogP contribution in [-0.4, -0.2) is 52.4 Å². The summed E-state index contributed by atoms with van der Waals surface area (Å²) in [4.78, 5) is 42.2. The molecule has 0 spiro atoms. The van der Waals surface area contributed by atoms with Gasteiger partial charge in [0.2, 0.25) is 0 Å². The minimum absolute atomic E-state index is 0.262. The van der Waals surface area contributed by atoms with Crippen molar-refractivity contribution in [1.29, 1.82) is 0 Å². The molecule has 146 valence electrons. The lowest BCUT2D eigenvalue weighted by Gasteiger charge is -2.34. The molecule has 0 aliphatic carbocycles. The molecule has 3 amide bonds. The predicted molar refractivity (Wildman–Crippen MR) is 104 cm³/mol. The fourth-order valence-electron chi connectivity index (χ4n) is 2.41. The minimum atomic E-state index is -1.93. The first-order valence-corrected chi connectivity index (χ1v) is 9.11. The number of nitrogens with one attached hydrogen (secondary N) is 2. The van der Waals surface area contributed by atoms with Crippen molar-refractivity contribution >= 4 is 29.1 Å². The van der Waals surface area contributed by atoms with Gasteiger partial charge in [-0.15, -0.1) is 11.3 Å². The molecule has 0 saturated heterocycles. The molecule has 1 aromatic carbocycles. The zero-order valence-corrected chi connectivity index (χ0v) is 16.7. The lowest BCUT2D eigenvalue weighted by Crippen LogP contribution is -2.64. The van der Waals surface area contributed by atoms with Gasteiger partial charge < -0.3 is 10.2 Å². The number of carbonyl (C=O) groups is 3. The standard InChI is InChI=1S/C19H20N4O4S/c1-12-21-15(11-28-12)10-7-13-5-8-14(9-6-13)16(24)23(4)19(2,17(25)20-3)18(26)22-27/h5-6,8-9,11,27H,1-4H3,(H,20,25)(H,22,26)/t19-/m0/s1. The van der Waals surface area contributed by atoms with E-state index < -0.39 is 23.3 Å². The van der Waals surface area contributed by atoms with Crippen LogP contribution >= 0.6 is 11.3 Å². The Morgan fingerprint density at radius 1 is 1.18 bits per heavy atom. The summed E-state index contributed by atoms with van der Waals surface area (Å²) in [6.07, 6.45) is 0. The summed E-state index contributed by atoms with van der Waals surface area (Å²) in [6.45, 7) is 3.14. The number of aryl methyl sites for hydroxylation is 1. The van der Waals surface area contributed by atoms with E-state index in [1.807, 2.05) is 12.3 Å². The summed E-state index contributed by atoms with van der Waals surface area (Å²) < 4.78 is 0. The molecule has 2 rings (SSSR count). The average Bonchev–Trinajstić information content (AvgIpc) is 3.14. The van der Waals surface area contributed by atoms with Crippen LogP contribution in [-0.2, 0) is 9.59 Å². The molecule has 0 aliphatic rings. The molecular weight excluding hydrogens is 380 g/mol. The first-order chi connectivity index (χ1) is 13.2.